The van der Waals surface area contributed by atoms with E-state index < -0.39 is 0 Å². The van der Waals surface area contributed by atoms with Crippen molar-refractivity contribution in [2.45, 2.75) is 71.9 Å². The molecular weight excluding hydrogens is 338 g/mol. The third-order valence-electron chi connectivity index (χ3n) is 5.54. The Balaban J connectivity index is 1.79. The maximum atomic E-state index is 12.9. The normalized spacial score (nSPS) is 18.6. The van der Waals surface area contributed by atoms with E-state index in [1.165, 1.54) is 19.3 Å². The number of rotatable bonds is 6. The van der Waals surface area contributed by atoms with Gasteiger partial charge >= 0.3 is 0 Å². The molecule has 6 nitrogen and oxygen atoms in total. The second-order valence-corrected chi connectivity index (χ2v) is 8.31. The molecule has 1 saturated heterocycles. The predicted molar refractivity (Wildman–Crippen MR) is 109 cm³/mol. The van der Waals surface area contributed by atoms with E-state index >= 15 is 0 Å². The summed E-state index contributed by atoms with van der Waals surface area (Å²) in [6.45, 7) is 13.3. The van der Waals surface area contributed by atoms with Crippen LogP contribution in [0.15, 0.2) is 12.3 Å². The van der Waals surface area contributed by atoms with Crippen molar-refractivity contribution in [3.05, 3.63) is 23.5 Å². The van der Waals surface area contributed by atoms with Crippen LogP contribution < -0.4 is 5.32 Å². The van der Waals surface area contributed by atoms with Crippen molar-refractivity contribution in [3.8, 4) is 0 Å². The van der Waals surface area contributed by atoms with Gasteiger partial charge in [0.05, 0.1) is 17.1 Å². The third kappa shape index (κ3) is 4.32. The van der Waals surface area contributed by atoms with Gasteiger partial charge in [-0.15, -0.1) is 0 Å². The zero-order chi connectivity index (χ0) is 19.6. The number of fused-ring (bicyclic) bond motifs is 1. The summed E-state index contributed by atoms with van der Waals surface area (Å²) in [5, 5.41) is 8.42. The van der Waals surface area contributed by atoms with Gasteiger partial charge in [-0.2, -0.15) is 5.10 Å². The van der Waals surface area contributed by atoms with Gasteiger partial charge in [-0.1, -0.05) is 20.3 Å². The van der Waals surface area contributed by atoms with Gasteiger partial charge in [0.1, 0.15) is 0 Å². The van der Waals surface area contributed by atoms with Crippen LogP contribution >= 0.6 is 0 Å². The summed E-state index contributed by atoms with van der Waals surface area (Å²) in [6, 6.07) is 2.74. The minimum atomic E-state index is -0.0303. The number of carbonyl (C=O) groups is 1. The van der Waals surface area contributed by atoms with Gasteiger partial charge in [0.25, 0.3) is 5.91 Å². The quantitative estimate of drug-likeness (QED) is 0.840. The van der Waals surface area contributed by atoms with E-state index in [0.29, 0.717) is 18.2 Å². The van der Waals surface area contributed by atoms with Crippen molar-refractivity contribution in [2.75, 3.05) is 19.6 Å². The fourth-order valence-electron chi connectivity index (χ4n) is 3.80. The fourth-order valence-corrected chi connectivity index (χ4v) is 3.80. The molecule has 0 aliphatic carbocycles. The number of hydrogen-bond donors (Lipinski definition) is 1. The lowest BCUT2D eigenvalue weighted by atomic mass is 10.0. The van der Waals surface area contributed by atoms with Crippen LogP contribution in [-0.4, -0.2) is 51.2 Å². The monoisotopic (exact) mass is 371 g/mol. The molecule has 3 rings (SSSR count). The van der Waals surface area contributed by atoms with Gasteiger partial charge in [-0.05, 0) is 52.1 Å². The van der Waals surface area contributed by atoms with Gasteiger partial charge in [-0.3, -0.25) is 9.69 Å². The smallest absolute Gasteiger partial charge is 0.252 e. The number of aromatic nitrogens is 3. The lowest BCUT2D eigenvalue weighted by molar-refractivity contribution is 0.0940. The molecule has 0 aromatic carbocycles. The molecule has 0 spiro atoms. The van der Waals surface area contributed by atoms with Gasteiger partial charge in [-0.25, -0.2) is 9.67 Å². The van der Waals surface area contributed by atoms with Crippen LogP contribution in [0.3, 0.4) is 0 Å². The van der Waals surface area contributed by atoms with Gasteiger partial charge in [0.15, 0.2) is 5.65 Å². The number of likely N-dealkylation sites (tertiary alicyclic amines) is 1. The van der Waals surface area contributed by atoms with Crippen LogP contribution in [0.1, 0.15) is 81.9 Å². The summed E-state index contributed by atoms with van der Waals surface area (Å²) in [5.74, 6) is 0.225. The maximum Gasteiger partial charge on any atom is 0.252 e. The topological polar surface area (TPSA) is 63.1 Å². The number of piperidine rings is 1. The first-order valence-electron chi connectivity index (χ1n) is 10.3. The Hall–Kier alpha value is -1.95. The Morgan fingerprint density at radius 2 is 2.07 bits per heavy atom. The molecule has 1 aliphatic rings. The summed E-state index contributed by atoms with van der Waals surface area (Å²) in [6.07, 6.45) is 5.60. The molecule has 2 aromatic heterocycles. The molecule has 1 aliphatic heterocycles. The van der Waals surface area contributed by atoms with E-state index in [-0.39, 0.29) is 17.9 Å². The molecule has 3 heterocycles. The number of nitrogens with zero attached hydrogens (tertiary/aromatic N) is 4. The molecule has 2 aromatic rings. The molecule has 6 heteroatoms. The zero-order valence-electron chi connectivity index (χ0n) is 17.3. The van der Waals surface area contributed by atoms with Crippen LogP contribution in [0.4, 0.5) is 0 Å². The SMILES string of the molecule is CC(C)c1cc(C(=O)NCCN2CCCCC2C)c2cnn(C(C)C)c2n1. The first-order valence-corrected chi connectivity index (χ1v) is 10.3. The Morgan fingerprint density at radius 3 is 2.74 bits per heavy atom. The number of nitrogens with one attached hydrogen (secondary N) is 1. The molecule has 148 valence electrons. The van der Waals surface area contributed by atoms with Crippen LogP contribution in [-0.2, 0) is 0 Å². The standard InChI is InChI=1S/C21H33N5O/c1-14(2)19-12-17(18-13-23-26(15(3)4)20(18)24-19)21(27)22-9-11-25-10-7-6-8-16(25)5/h12-16H,6-11H2,1-5H3,(H,22,27). The van der Waals surface area contributed by atoms with E-state index in [1.54, 1.807) is 6.20 Å². The molecule has 1 unspecified atom stereocenters. The summed E-state index contributed by atoms with van der Waals surface area (Å²) in [7, 11) is 0. The summed E-state index contributed by atoms with van der Waals surface area (Å²) in [4.78, 5) is 20.2. The van der Waals surface area contributed by atoms with Crippen LogP contribution in [0, 0.1) is 0 Å². The highest BCUT2D eigenvalue weighted by atomic mass is 16.1. The van der Waals surface area contributed by atoms with Crippen molar-refractivity contribution >= 4 is 16.9 Å². The lowest BCUT2D eigenvalue weighted by Crippen LogP contribution is -2.42. The van der Waals surface area contributed by atoms with E-state index in [9.17, 15) is 4.79 Å². The predicted octanol–water partition coefficient (Wildman–Crippen LogP) is 3.74. The molecule has 1 atom stereocenters. The molecule has 0 bridgehead atoms. The largest absolute Gasteiger partial charge is 0.351 e. The minimum absolute atomic E-state index is 0.0303. The second-order valence-electron chi connectivity index (χ2n) is 8.31. The number of pyridine rings is 1. The summed E-state index contributed by atoms with van der Waals surface area (Å²) >= 11 is 0. The van der Waals surface area contributed by atoms with E-state index in [4.69, 9.17) is 4.98 Å². The van der Waals surface area contributed by atoms with Gasteiger partial charge in [0.2, 0.25) is 0 Å². The minimum Gasteiger partial charge on any atom is -0.351 e. The molecule has 1 amide bonds. The van der Waals surface area contributed by atoms with Crippen LogP contribution in [0.5, 0.6) is 0 Å². The molecule has 0 saturated carbocycles. The van der Waals surface area contributed by atoms with Crippen LogP contribution in [0.2, 0.25) is 0 Å². The fraction of sp³-hybridized carbons (Fsp3) is 0.667. The van der Waals surface area contributed by atoms with E-state index in [2.05, 4.69) is 49.9 Å². The van der Waals surface area contributed by atoms with Crippen molar-refractivity contribution in [3.63, 3.8) is 0 Å². The Labute approximate surface area is 162 Å². The second kappa shape index (κ2) is 8.38. The summed E-state index contributed by atoms with van der Waals surface area (Å²) in [5.41, 5.74) is 2.41. The average Bonchev–Trinajstić information content (AvgIpc) is 3.06. The highest BCUT2D eigenvalue weighted by Crippen LogP contribution is 2.24. The van der Waals surface area contributed by atoms with E-state index in [0.717, 1.165) is 29.8 Å². The Kier molecular flexibility index (Phi) is 6.15. The van der Waals surface area contributed by atoms with Gasteiger partial charge < -0.3 is 5.32 Å². The van der Waals surface area contributed by atoms with Gasteiger partial charge in [0, 0.05) is 30.9 Å². The molecule has 0 radical (unpaired) electrons. The molecule has 1 N–H and O–H groups in total. The first-order chi connectivity index (χ1) is 12.9. The molecule has 1 fully saturated rings. The lowest BCUT2D eigenvalue weighted by Gasteiger charge is -2.33. The molecule has 27 heavy (non-hydrogen) atoms. The third-order valence-corrected chi connectivity index (χ3v) is 5.54. The highest BCUT2D eigenvalue weighted by Gasteiger charge is 2.20. The highest BCUT2D eigenvalue weighted by molar-refractivity contribution is 6.05. The number of hydrogen-bond acceptors (Lipinski definition) is 4. The van der Waals surface area contributed by atoms with Crippen LogP contribution in [0.25, 0.3) is 11.0 Å². The van der Waals surface area contributed by atoms with Crippen molar-refractivity contribution < 1.29 is 4.79 Å². The number of carbonyl (C=O) groups excluding carboxylic acids is 1. The Bertz CT molecular complexity index is 795. The zero-order valence-corrected chi connectivity index (χ0v) is 17.3. The molecular formula is C21H33N5O. The first kappa shape index (κ1) is 19.8. The average molecular weight is 372 g/mol. The van der Waals surface area contributed by atoms with Crippen molar-refractivity contribution in [1.29, 1.82) is 0 Å². The Morgan fingerprint density at radius 1 is 1.30 bits per heavy atom. The number of amides is 1. The maximum absolute atomic E-state index is 12.9. The van der Waals surface area contributed by atoms with Crippen molar-refractivity contribution in [2.24, 2.45) is 0 Å². The van der Waals surface area contributed by atoms with Crippen molar-refractivity contribution in [1.82, 2.24) is 25.0 Å². The van der Waals surface area contributed by atoms with E-state index in [1.807, 2.05) is 10.7 Å². The summed E-state index contributed by atoms with van der Waals surface area (Å²) < 4.78 is 1.90.